The van der Waals surface area contributed by atoms with Crippen molar-refractivity contribution in [2.75, 3.05) is 13.7 Å². The summed E-state index contributed by atoms with van der Waals surface area (Å²) in [6, 6.07) is 8.73. The first-order chi connectivity index (χ1) is 9.85. The van der Waals surface area contributed by atoms with Crippen molar-refractivity contribution in [1.82, 2.24) is 5.32 Å². The maximum Gasteiger partial charge on any atom is 0.118 e. The zero-order valence-corrected chi connectivity index (χ0v) is 14.3. The van der Waals surface area contributed by atoms with Gasteiger partial charge in [-0.15, -0.1) is 0 Å². The second kappa shape index (κ2) is 6.39. The van der Waals surface area contributed by atoms with E-state index in [4.69, 9.17) is 4.74 Å². The lowest BCUT2D eigenvalue weighted by Gasteiger charge is -2.42. The zero-order valence-electron chi connectivity index (χ0n) is 14.3. The Morgan fingerprint density at radius 3 is 2.19 bits per heavy atom. The molecule has 1 saturated carbocycles. The van der Waals surface area contributed by atoms with E-state index in [9.17, 15) is 0 Å². The standard InChI is InChI=1S/C19H31NO/c1-15-10-12-19(13-11-15,14-20-18(2,3)4)16-6-8-17(21-5)9-7-16/h6-9,15,20H,10-14H2,1-5H3. The van der Waals surface area contributed by atoms with E-state index in [0.717, 1.165) is 18.2 Å². The fourth-order valence-electron chi connectivity index (χ4n) is 3.26. The molecule has 1 aliphatic rings. The highest BCUT2D eigenvalue weighted by molar-refractivity contribution is 5.33. The lowest BCUT2D eigenvalue weighted by atomic mass is 9.66. The van der Waals surface area contributed by atoms with Crippen LogP contribution in [0.15, 0.2) is 24.3 Å². The van der Waals surface area contributed by atoms with Crippen LogP contribution in [0.1, 0.15) is 58.9 Å². The molecule has 0 aromatic heterocycles. The van der Waals surface area contributed by atoms with Gasteiger partial charge in [0.15, 0.2) is 0 Å². The van der Waals surface area contributed by atoms with E-state index in [1.54, 1.807) is 7.11 Å². The van der Waals surface area contributed by atoms with Gasteiger partial charge in [-0.3, -0.25) is 0 Å². The van der Waals surface area contributed by atoms with Crippen molar-refractivity contribution in [2.24, 2.45) is 5.92 Å². The van der Waals surface area contributed by atoms with Crippen LogP contribution in [0.3, 0.4) is 0 Å². The van der Waals surface area contributed by atoms with E-state index in [0.29, 0.717) is 0 Å². The number of methoxy groups -OCH3 is 1. The Labute approximate surface area is 130 Å². The lowest BCUT2D eigenvalue weighted by Crippen LogP contribution is -2.47. The molecule has 21 heavy (non-hydrogen) atoms. The molecule has 0 atom stereocenters. The van der Waals surface area contributed by atoms with Gasteiger partial charge < -0.3 is 10.1 Å². The summed E-state index contributed by atoms with van der Waals surface area (Å²) in [6.07, 6.45) is 5.23. The molecule has 1 aromatic rings. The quantitative estimate of drug-likeness (QED) is 0.879. The van der Waals surface area contributed by atoms with Gasteiger partial charge in [0.2, 0.25) is 0 Å². The molecule has 1 aliphatic carbocycles. The third-order valence-electron chi connectivity index (χ3n) is 4.89. The van der Waals surface area contributed by atoms with Crippen LogP contribution in [0.4, 0.5) is 0 Å². The molecule has 0 amide bonds. The van der Waals surface area contributed by atoms with Crippen molar-refractivity contribution >= 4 is 0 Å². The SMILES string of the molecule is COc1ccc(C2(CNC(C)(C)C)CCC(C)CC2)cc1. The molecule has 0 unspecified atom stereocenters. The Morgan fingerprint density at radius 1 is 1.14 bits per heavy atom. The Hall–Kier alpha value is -1.02. The molecular formula is C19H31NO. The molecule has 0 spiro atoms. The average molecular weight is 289 g/mol. The summed E-state index contributed by atoms with van der Waals surface area (Å²) in [4.78, 5) is 0. The van der Waals surface area contributed by atoms with E-state index in [1.807, 2.05) is 0 Å². The first-order valence-electron chi connectivity index (χ1n) is 8.24. The Kier molecular flexibility index (Phi) is 4.98. The normalized spacial score (nSPS) is 26.6. The smallest absolute Gasteiger partial charge is 0.118 e. The number of benzene rings is 1. The van der Waals surface area contributed by atoms with Crippen molar-refractivity contribution in [3.63, 3.8) is 0 Å². The molecule has 0 radical (unpaired) electrons. The first-order valence-corrected chi connectivity index (χ1v) is 8.24. The minimum Gasteiger partial charge on any atom is -0.497 e. The van der Waals surface area contributed by atoms with Crippen LogP contribution >= 0.6 is 0 Å². The summed E-state index contributed by atoms with van der Waals surface area (Å²) in [5.41, 5.74) is 1.92. The second-order valence-corrected chi connectivity index (χ2v) is 7.79. The summed E-state index contributed by atoms with van der Waals surface area (Å²) in [7, 11) is 1.73. The molecule has 0 aliphatic heterocycles. The highest BCUT2D eigenvalue weighted by Crippen LogP contribution is 2.41. The van der Waals surface area contributed by atoms with E-state index in [1.165, 1.54) is 31.2 Å². The molecule has 0 saturated heterocycles. The van der Waals surface area contributed by atoms with Gasteiger partial charge in [-0.1, -0.05) is 19.1 Å². The van der Waals surface area contributed by atoms with Gasteiger partial charge in [-0.25, -0.2) is 0 Å². The topological polar surface area (TPSA) is 21.3 Å². The molecule has 2 heteroatoms. The van der Waals surface area contributed by atoms with Crippen LogP contribution in [0.5, 0.6) is 5.75 Å². The Balaban J connectivity index is 2.22. The Morgan fingerprint density at radius 2 is 1.71 bits per heavy atom. The molecule has 118 valence electrons. The molecule has 1 fully saturated rings. The van der Waals surface area contributed by atoms with Crippen LogP contribution < -0.4 is 10.1 Å². The number of hydrogen-bond acceptors (Lipinski definition) is 2. The van der Waals surface area contributed by atoms with Gasteiger partial charge in [-0.2, -0.15) is 0 Å². The van der Waals surface area contributed by atoms with Gasteiger partial charge in [0.05, 0.1) is 7.11 Å². The van der Waals surface area contributed by atoms with E-state index in [2.05, 4.69) is 57.3 Å². The van der Waals surface area contributed by atoms with Crippen LogP contribution in [0.2, 0.25) is 0 Å². The average Bonchev–Trinajstić information content (AvgIpc) is 2.46. The molecular weight excluding hydrogens is 258 g/mol. The zero-order chi connectivity index (χ0) is 15.5. The lowest BCUT2D eigenvalue weighted by molar-refractivity contribution is 0.217. The third kappa shape index (κ3) is 4.23. The summed E-state index contributed by atoms with van der Waals surface area (Å²) in [5.74, 6) is 1.81. The largest absolute Gasteiger partial charge is 0.497 e. The predicted molar refractivity (Wildman–Crippen MR) is 90.1 cm³/mol. The van der Waals surface area contributed by atoms with Crippen molar-refractivity contribution in [3.8, 4) is 5.75 Å². The van der Waals surface area contributed by atoms with E-state index in [-0.39, 0.29) is 11.0 Å². The summed E-state index contributed by atoms with van der Waals surface area (Å²) >= 11 is 0. The van der Waals surface area contributed by atoms with Gasteiger partial charge >= 0.3 is 0 Å². The fourth-order valence-corrected chi connectivity index (χ4v) is 3.26. The maximum atomic E-state index is 5.31. The number of rotatable bonds is 4. The molecule has 0 bridgehead atoms. The summed E-state index contributed by atoms with van der Waals surface area (Å²) < 4.78 is 5.31. The monoisotopic (exact) mass is 289 g/mol. The van der Waals surface area contributed by atoms with Gasteiger partial charge in [-0.05, 0) is 70.1 Å². The molecule has 0 heterocycles. The van der Waals surface area contributed by atoms with Crippen molar-refractivity contribution in [3.05, 3.63) is 29.8 Å². The second-order valence-electron chi connectivity index (χ2n) is 7.79. The third-order valence-corrected chi connectivity index (χ3v) is 4.89. The predicted octanol–water partition coefficient (Wildman–Crippen LogP) is 4.53. The molecule has 2 rings (SSSR count). The summed E-state index contributed by atoms with van der Waals surface area (Å²) in [5, 5.41) is 3.74. The summed E-state index contributed by atoms with van der Waals surface area (Å²) in [6.45, 7) is 10.2. The number of hydrogen-bond donors (Lipinski definition) is 1. The molecule has 1 aromatic carbocycles. The van der Waals surface area contributed by atoms with Crippen molar-refractivity contribution in [2.45, 2.75) is 64.3 Å². The van der Waals surface area contributed by atoms with Crippen LogP contribution in [0, 0.1) is 5.92 Å². The van der Waals surface area contributed by atoms with Gasteiger partial charge in [0.25, 0.3) is 0 Å². The fraction of sp³-hybridized carbons (Fsp3) is 0.684. The van der Waals surface area contributed by atoms with E-state index >= 15 is 0 Å². The highest BCUT2D eigenvalue weighted by Gasteiger charge is 2.36. The van der Waals surface area contributed by atoms with Crippen LogP contribution in [0.25, 0.3) is 0 Å². The van der Waals surface area contributed by atoms with Crippen LogP contribution in [-0.4, -0.2) is 19.2 Å². The number of nitrogens with one attached hydrogen (secondary N) is 1. The van der Waals surface area contributed by atoms with Crippen molar-refractivity contribution in [1.29, 1.82) is 0 Å². The number of ether oxygens (including phenoxy) is 1. The Bertz CT molecular complexity index is 436. The highest BCUT2D eigenvalue weighted by atomic mass is 16.5. The first kappa shape index (κ1) is 16.4. The van der Waals surface area contributed by atoms with Gasteiger partial charge in [0, 0.05) is 17.5 Å². The van der Waals surface area contributed by atoms with Crippen molar-refractivity contribution < 1.29 is 4.74 Å². The van der Waals surface area contributed by atoms with Gasteiger partial charge in [0.1, 0.15) is 5.75 Å². The minimum absolute atomic E-state index is 0.169. The van der Waals surface area contributed by atoms with E-state index < -0.39 is 0 Å². The maximum absolute atomic E-state index is 5.31. The van der Waals surface area contributed by atoms with Crippen LogP contribution in [-0.2, 0) is 5.41 Å². The molecule has 1 N–H and O–H groups in total. The molecule has 2 nitrogen and oxygen atoms in total. The minimum atomic E-state index is 0.169.